The van der Waals surface area contributed by atoms with Crippen molar-refractivity contribution in [2.45, 2.75) is 0 Å². The van der Waals surface area contributed by atoms with Crippen LogP contribution in [0.1, 0.15) is 0 Å². The fraction of sp³-hybridized carbons (Fsp3) is 0. The van der Waals surface area contributed by atoms with Crippen molar-refractivity contribution < 1.29 is 4.42 Å². The quantitative estimate of drug-likeness (QED) is 0.170. The molecule has 0 aliphatic heterocycles. The van der Waals surface area contributed by atoms with Crippen LogP contribution >= 0.6 is 0 Å². The fourth-order valence-electron chi connectivity index (χ4n) is 8.60. The highest BCUT2D eigenvalue weighted by Gasteiger charge is 2.22. The van der Waals surface area contributed by atoms with Crippen molar-refractivity contribution in [3.63, 3.8) is 0 Å². The van der Waals surface area contributed by atoms with Gasteiger partial charge in [-0.25, -0.2) is 15.0 Å². The van der Waals surface area contributed by atoms with E-state index in [1.54, 1.807) is 0 Å². The van der Waals surface area contributed by atoms with Gasteiger partial charge in [0.25, 0.3) is 0 Å². The SMILES string of the molecule is c1ccc2cc(-c3ccc(-c4nc(-c5ccc6ccccc6c5)nc(-c5cc6ccc7ccccc7c6c6oc7c8ccccc8ccc7c56)n4)cc3)ccc2c1. The van der Waals surface area contributed by atoms with Gasteiger partial charge in [0, 0.05) is 38.2 Å². The van der Waals surface area contributed by atoms with Gasteiger partial charge < -0.3 is 4.42 Å². The van der Waals surface area contributed by atoms with Gasteiger partial charge in [0.15, 0.2) is 17.5 Å². The molecule has 0 N–H and O–H groups in total. The average molecular weight is 726 g/mol. The maximum atomic E-state index is 7.04. The van der Waals surface area contributed by atoms with Crippen LogP contribution in [0.4, 0.5) is 0 Å². The van der Waals surface area contributed by atoms with Gasteiger partial charge in [0.1, 0.15) is 11.2 Å². The van der Waals surface area contributed by atoms with Gasteiger partial charge in [-0.05, 0) is 78.5 Å². The molecule has 0 amide bonds. The lowest BCUT2D eigenvalue weighted by Gasteiger charge is -2.12. The van der Waals surface area contributed by atoms with Gasteiger partial charge in [0.2, 0.25) is 0 Å². The van der Waals surface area contributed by atoms with E-state index in [-0.39, 0.29) is 0 Å². The topological polar surface area (TPSA) is 51.8 Å². The van der Waals surface area contributed by atoms with Crippen LogP contribution < -0.4 is 0 Å². The zero-order valence-corrected chi connectivity index (χ0v) is 30.6. The number of aromatic nitrogens is 3. The molecule has 264 valence electrons. The minimum atomic E-state index is 0.595. The molecule has 0 bridgehead atoms. The summed E-state index contributed by atoms with van der Waals surface area (Å²) >= 11 is 0. The lowest BCUT2D eigenvalue weighted by atomic mass is 9.95. The molecule has 0 unspecified atom stereocenters. The molecule has 12 aromatic rings. The maximum Gasteiger partial charge on any atom is 0.164 e. The van der Waals surface area contributed by atoms with E-state index >= 15 is 0 Å². The number of nitrogens with zero attached hydrogens (tertiary/aromatic N) is 3. The standard InChI is InChI=1S/C53H31N3O/c1-3-13-38-29-40(24-19-32(38)9-1)34-17-22-37(23-18-34)51-54-52(42-26-20-33-10-2-4-14-39(33)30-42)56-53(55-51)46-31-41-25-21-35-11-5-7-15-43(35)47(41)50-48(46)45-28-27-36-12-6-8-16-44(36)49(45)57-50/h1-31H. The summed E-state index contributed by atoms with van der Waals surface area (Å²) < 4.78 is 7.04. The number of benzene rings is 10. The largest absolute Gasteiger partial charge is 0.455 e. The fourth-order valence-corrected chi connectivity index (χ4v) is 8.60. The molecule has 0 radical (unpaired) electrons. The first-order valence-corrected chi connectivity index (χ1v) is 19.3. The molecule has 10 aromatic carbocycles. The van der Waals surface area contributed by atoms with Crippen LogP contribution in [0.15, 0.2) is 192 Å². The molecule has 0 aliphatic carbocycles. The second kappa shape index (κ2) is 12.4. The molecule has 0 aliphatic rings. The normalized spacial score (nSPS) is 11.9. The van der Waals surface area contributed by atoms with Crippen molar-refractivity contribution >= 4 is 75.8 Å². The Hall–Kier alpha value is -7.69. The highest BCUT2D eigenvalue weighted by molar-refractivity contribution is 6.28. The molecule has 12 rings (SSSR count). The summed E-state index contributed by atoms with van der Waals surface area (Å²) in [6.45, 7) is 0. The van der Waals surface area contributed by atoms with E-state index in [4.69, 9.17) is 19.4 Å². The summed E-state index contributed by atoms with van der Waals surface area (Å²) in [5, 5.41) is 13.4. The molecule has 4 heteroatoms. The highest BCUT2D eigenvalue weighted by Crippen LogP contribution is 2.45. The van der Waals surface area contributed by atoms with Crippen molar-refractivity contribution in [1.82, 2.24) is 15.0 Å². The first-order chi connectivity index (χ1) is 28.2. The number of rotatable bonds is 4. The molecule has 2 aromatic heterocycles. The Labute approximate surface area is 327 Å². The Balaban J connectivity index is 1.12. The van der Waals surface area contributed by atoms with Gasteiger partial charge in [-0.1, -0.05) is 164 Å². The monoisotopic (exact) mass is 725 g/mol. The number of fused-ring (bicyclic) bond motifs is 11. The zero-order chi connectivity index (χ0) is 37.5. The lowest BCUT2D eigenvalue weighted by molar-refractivity contribution is 0.677. The van der Waals surface area contributed by atoms with Crippen molar-refractivity contribution in [1.29, 1.82) is 0 Å². The summed E-state index contributed by atoms with van der Waals surface area (Å²) in [7, 11) is 0. The van der Waals surface area contributed by atoms with Gasteiger partial charge in [-0.3, -0.25) is 0 Å². The Kier molecular flexibility index (Phi) is 6.89. The van der Waals surface area contributed by atoms with Crippen LogP contribution in [0.25, 0.3) is 121 Å². The summed E-state index contributed by atoms with van der Waals surface area (Å²) in [5.41, 5.74) is 6.74. The summed E-state index contributed by atoms with van der Waals surface area (Å²) in [6.07, 6.45) is 0. The molecular weight excluding hydrogens is 695 g/mol. The molecule has 0 fully saturated rings. The molecule has 0 atom stereocenters. The van der Waals surface area contributed by atoms with E-state index in [0.717, 1.165) is 81.9 Å². The molecule has 0 saturated heterocycles. The van der Waals surface area contributed by atoms with Gasteiger partial charge in [-0.2, -0.15) is 0 Å². The average Bonchev–Trinajstić information content (AvgIpc) is 3.68. The Bertz CT molecular complexity index is 3580. The predicted octanol–water partition coefficient (Wildman–Crippen LogP) is 14.2. The Morgan fingerprint density at radius 2 is 0.772 bits per heavy atom. The predicted molar refractivity (Wildman–Crippen MR) is 236 cm³/mol. The summed E-state index contributed by atoms with van der Waals surface area (Å²) in [4.78, 5) is 15.8. The van der Waals surface area contributed by atoms with Crippen molar-refractivity contribution in [3.05, 3.63) is 188 Å². The third kappa shape index (κ3) is 5.12. The Morgan fingerprint density at radius 1 is 0.281 bits per heavy atom. The molecule has 2 heterocycles. The molecule has 57 heavy (non-hydrogen) atoms. The second-order valence-electron chi connectivity index (χ2n) is 14.8. The van der Waals surface area contributed by atoms with Gasteiger partial charge >= 0.3 is 0 Å². The highest BCUT2D eigenvalue weighted by atomic mass is 16.3. The van der Waals surface area contributed by atoms with E-state index in [1.165, 1.54) is 21.7 Å². The zero-order valence-electron chi connectivity index (χ0n) is 30.6. The van der Waals surface area contributed by atoms with Crippen LogP contribution in [0.2, 0.25) is 0 Å². The third-order valence-electron chi connectivity index (χ3n) is 11.4. The van der Waals surface area contributed by atoms with Gasteiger partial charge in [-0.15, -0.1) is 0 Å². The van der Waals surface area contributed by atoms with E-state index in [2.05, 4.69) is 188 Å². The van der Waals surface area contributed by atoms with E-state index in [9.17, 15) is 0 Å². The Morgan fingerprint density at radius 3 is 1.51 bits per heavy atom. The first kappa shape index (κ1) is 31.6. The van der Waals surface area contributed by atoms with Crippen molar-refractivity contribution in [2.24, 2.45) is 0 Å². The van der Waals surface area contributed by atoms with Crippen LogP contribution in [-0.2, 0) is 0 Å². The van der Waals surface area contributed by atoms with Crippen LogP contribution in [-0.4, -0.2) is 15.0 Å². The van der Waals surface area contributed by atoms with Gasteiger partial charge in [0.05, 0.1) is 0 Å². The maximum absolute atomic E-state index is 7.04. The third-order valence-corrected chi connectivity index (χ3v) is 11.4. The number of hydrogen-bond acceptors (Lipinski definition) is 4. The first-order valence-electron chi connectivity index (χ1n) is 19.3. The molecular formula is C53H31N3O. The molecule has 0 saturated carbocycles. The second-order valence-corrected chi connectivity index (χ2v) is 14.8. The van der Waals surface area contributed by atoms with Crippen LogP contribution in [0, 0.1) is 0 Å². The number of furan rings is 1. The summed E-state index contributed by atoms with van der Waals surface area (Å²) in [5.74, 6) is 1.82. The van der Waals surface area contributed by atoms with Crippen LogP contribution in [0.5, 0.6) is 0 Å². The summed E-state index contributed by atoms with van der Waals surface area (Å²) in [6, 6.07) is 66.3. The van der Waals surface area contributed by atoms with E-state index in [0.29, 0.717) is 17.5 Å². The molecule has 4 nitrogen and oxygen atoms in total. The van der Waals surface area contributed by atoms with Crippen molar-refractivity contribution in [3.8, 4) is 45.3 Å². The minimum Gasteiger partial charge on any atom is -0.455 e. The lowest BCUT2D eigenvalue weighted by Crippen LogP contribution is -2.01. The van der Waals surface area contributed by atoms with Crippen LogP contribution in [0.3, 0.4) is 0 Å². The molecule has 0 spiro atoms. The number of hydrogen-bond donors (Lipinski definition) is 0. The minimum absolute atomic E-state index is 0.595. The van der Waals surface area contributed by atoms with Crippen molar-refractivity contribution in [2.75, 3.05) is 0 Å². The van der Waals surface area contributed by atoms with E-state index in [1.807, 2.05) is 0 Å². The smallest absolute Gasteiger partial charge is 0.164 e. The van der Waals surface area contributed by atoms with E-state index < -0.39 is 0 Å².